The van der Waals surface area contributed by atoms with Gasteiger partial charge in [-0.25, -0.2) is 0 Å². The fourth-order valence-corrected chi connectivity index (χ4v) is 0.571. The van der Waals surface area contributed by atoms with Crippen molar-refractivity contribution in [2.75, 3.05) is 6.54 Å². The summed E-state index contributed by atoms with van der Waals surface area (Å²) >= 11 is 0. The second-order valence-electron chi connectivity index (χ2n) is 1.72. The molecule has 0 heterocycles. The van der Waals surface area contributed by atoms with Crippen molar-refractivity contribution in [1.82, 2.24) is 0 Å². The van der Waals surface area contributed by atoms with Crippen molar-refractivity contribution >= 4 is 0 Å². The normalized spacial score (nSPS) is 11.0. The van der Waals surface area contributed by atoms with Crippen molar-refractivity contribution in [3.05, 3.63) is 37.0 Å². The molecule has 0 amide bonds. The van der Waals surface area contributed by atoms with Crippen LogP contribution in [0, 0.1) is 0 Å². The van der Waals surface area contributed by atoms with Gasteiger partial charge in [0.1, 0.15) is 0 Å². The summed E-state index contributed by atoms with van der Waals surface area (Å²) in [5, 5.41) is 0. The van der Waals surface area contributed by atoms with Gasteiger partial charge in [0.25, 0.3) is 0 Å². The minimum Gasteiger partial charge on any atom is -0.330 e. The third kappa shape index (κ3) is 3.74. The molecule has 0 atom stereocenters. The second-order valence-corrected chi connectivity index (χ2v) is 1.72. The predicted molar refractivity (Wildman–Crippen MR) is 42.1 cm³/mol. The number of nitrogens with two attached hydrogens (primary N) is 1. The van der Waals surface area contributed by atoms with Crippen LogP contribution in [0.2, 0.25) is 0 Å². The summed E-state index contributed by atoms with van der Waals surface area (Å²) in [4.78, 5) is 0. The molecule has 0 aliphatic rings. The van der Waals surface area contributed by atoms with Gasteiger partial charge in [0.2, 0.25) is 0 Å². The van der Waals surface area contributed by atoms with Crippen molar-refractivity contribution in [3.63, 3.8) is 0 Å². The lowest BCUT2D eigenvalue weighted by Crippen LogP contribution is -1.98. The molecule has 0 aromatic carbocycles. The topological polar surface area (TPSA) is 26.0 Å². The summed E-state index contributed by atoms with van der Waals surface area (Å²) in [6.45, 7) is 7.86. The van der Waals surface area contributed by atoms with Gasteiger partial charge in [-0.1, -0.05) is 31.4 Å². The maximum atomic E-state index is 5.31. The van der Waals surface area contributed by atoms with E-state index in [1.807, 2.05) is 6.08 Å². The Labute approximate surface area is 56.6 Å². The van der Waals surface area contributed by atoms with Gasteiger partial charge in [-0.3, -0.25) is 0 Å². The van der Waals surface area contributed by atoms with Gasteiger partial charge in [-0.2, -0.15) is 0 Å². The van der Waals surface area contributed by atoms with Crippen LogP contribution < -0.4 is 5.73 Å². The fraction of sp³-hybridized carbons (Fsp3) is 0.250. The lowest BCUT2D eigenvalue weighted by Gasteiger charge is -1.94. The average molecular weight is 123 g/mol. The summed E-state index contributed by atoms with van der Waals surface area (Å²) in [7, 11) is 0. The Morgan fingerprint density at radius 3 is 2.44 bits per heavy atom. The van der Waals surface area contributed by atoms with Crippen LogP contribution >= 0.6 is 0 Å². The molecule has 0 spiro atoms. The average Bonchev–Trinajstić information content (AvgIpc) is 1.88. The molecule has 0 aromatic rings. The molecule has 0 radical (unpaired) electrons. The number of rotatable bonds is 4. The number of hydrogen-bond donors (Lipinski definition) is 1. The summed E-state index contributed by atoms with van der Waals surface area (Å²) in [6.07, 6.45) is 6.34. The first-order chi connectivity index (χ1) is 4.35. The van der Waals surface area contributed by atoms with E-state index in [0.717, 1.165) is 12.0 Å². The minimum atomic E-state index is 0.672. The van der Waals surface area contributed by atoms with E-state index in [1.54, 1.807) is 12.2 Å². The summed E-state index contributed by atoms with van der Waals surface area (Å²) in [5.41, 5.74) is 6.46. The Kier molecular flexibility index (Phi) is 4.83. The zero-order chi connectivity index (χ0) is 7.11. The van der Waals surface area contributed by atoms with E-state index in [9.17, 15) is 0 Å². The van der Waals surface area contributed by atoms with E-state index in [2.05, 4.69) is 13.2 Å². The van der Waals surface area contributed by atoms with E-state index >= 15 is 0 Å². The van der Waals surface area contributed by atoms with Gasteiger partial charge in [-0.15, -0.1) is 0 Å². The number of hydrogen-bond acceptors (Lipinski definition) is 1. The van der Waals surface area contributed by atoms with Gasteiger partial charge in [0.15, 0.2) is 0 Å². The van der Waals surface area contributed by atoms with Gasteiger partial charge < -0.3 is 5.73 Å². The van der Waals surface area contributed by atoms with Gasteiger partial charge in [0.05, 0.1) is 0 Å². The minimum absolute atomic E-state index is 0.672. The first kappa shape index (κ1) is 8.18. The highest BCUT2D eigenvalue weighted by atomic mass is 14.5. The predicted octanol–water partition coefficient (Wildman–Crippen LogP) is 1.63. The molecule has 0 fully saturated rings. The van der Waals surface area contributed by atoms with Crippen molar-refractivity contribution in [2.24, 2.45) is 5.73 Å². The van der Waals surface area contributed by atoms with E-state index < -0.39 is 0 Å². The quantitative estimate of drug-likeness (QED) is 0.565. The smallest absolute Gasteiger partial charge is 0.00367 e. The highest BCUT2D eigenvalue weighted by Gasteiger charge is 1.84. The second kappa shape index (κ2) is 5.32. The van der Waals surface area contributed by atoms with Gasteiger partial charge >= 0.3 is 0 Å². The van der Waals surface area contributed by atoms with Crippen molar-refractivity contribution in [2.45, 2.75) is 6.42 Å². The lowest BCUT2D eigenvalue weighted by molar-refractivity contribution is 0.974. The molecule has 50 valence electrons. The van der Waals surface area contributed by atoms with Crippen LogP contribution in [-0.2, 0) is 0 Å². The first-order valence-corrected chi connectivity index (χ1v) is 2.99. The molecule has 0 saturated carbocycles. The van der Waals surface area contributed by atoms with Crippen LogP contribution in [0.25, 0.3) is 0 Å². The molecule has 0 saturated heterocycles. The molecular formula is C8H13N. The van der Waals surface area contributed by atoms with E-state index in [1.165, 1.54) is 0 Å². The highest BCUT2D eigenvalue weighted by Crippen LogP contribution is 1.99. The monoisotopic (exact) mass is 123 g/mol. The third-order valence-corrected chi connectivity index (χ3v) is 1.03. The molecule has 1 nitrogen and oxygen atoms in total. The zero-order valence-corrected chi connectivity index (χ0v) is 5.64. The molecule has 0 aromatic heterocycles. The highest BCUT2D eigenvalue weighted by molar-refractivity contribution is 5.20. The Bertz CT molecular complexity index is 123. The van der Waals surface area contributed by atoms with Crippen molar-refractivity contribution < 1.29 is 0 Å². The Hall–Kier alpha value is -0.820. The molecule has 9 heavy (non-hydrogen) atoms. The molecule has 1 heteroatoms. The molecule has 0 aliphatic carbocycles. The summed E-state index contributed by atoms with van der Waals surface area (Å²) in [5.74, 6) is 0. The molecular weight excluding hydrogens is 110 g/mol. The molecule has 0 rings (SSSR count). The Morgan fingerprint density at radius 2 is 2.11 bits per heavy atom. The van der Waals surface area contributed by atoms with Gasteiger partial charge in [0, 0.05) is 0 Å². The van der Waals surface area contributed by atoms with Crippen LogP contribution in [0.1, 0.15) is 6.42 Å². The van der Waals surface area contributed by atoms with Crippen LogP contribution in [0.4, 0.5) is 0 Å². The molecule has 0 aliphatic heterocycles. The fourth-order valence-electron chi connectivity index (χ4n) is 0.571. The van der Waals surface area contributed by atoms with E-state index in [4.69, 9.17) is 5.73 Å². The lowest BCUT2D eigenvalue weighted by atomic mass is 10.2. The Morgan fingerprint density at radius 1 is 1.44 bits per heavy atom. The van der Waals surface area contributed by atoms with E-state index in [0.29, 0.717) is 6.54 Å². The van der Waals surface area contributed by atoms with Gasteiger partial charge in [-0.05, 0) is 18.5 Å². The summed E-state index contributed by atoms with van der Waals surface area (Å²) < 4.78 is 0. The van der Waals surface area contributed by atoms with Crippen molar-refractivity contribution in [1.29, 1.82) is 0 Å². The van der Waals surface area contributed by atoms with Crippen LogP contribution in [0.5, 0.6) is 0 Å². The maximum absolute atomic E-state index is 5.31. The van der Waals surface area contributed by atoms with Crippen LogP contribution in [0.15, 0.2) is 37.0 Å². The largest absolute Gasteiger partial charge is 0.330 e. The van der Waals surface area contributed by atoms with Crippen LogP contribution in [-0.4, -0.2) is 6.54 Å². The van der Waals surface area contributed by atoms with Crippen molar-refractivity contribution in [3.8, 4) is 0 Å². The Balaban J connectivity index is 3.80. The molecule has 0 bridgehead atoms. The third-order valence-electron chi connectivity index (χ3n) is 1.03. The molecule has 2 N–H and O–H groups in total. The number of allylic oxidation sites excluding steroid dienone is 3. The standard InChI is InChI=1S/C8H13N/c1-3-5-8(4-2)6-7-9/h3-5H,1-2,6-7,9H2/b8-5+. The molecule has 0 unspecified atom stereocenters. The first-order valence-electron chi connectivity index (χ1n) is 2.99. The van der Waals surface area contributed by atoms with E-state index in [-0.39, 0.29) is 0 Å². The maximum Gasteiger partial charge on any atom is -0.00367 e. The SMILES string of the molecule is C=C/C=C(\C=C)CCN. The van der Waals surface area contributed by atoms with Crippen LogP contribution in [0.3, 0.4) is 0 Å². The summed E-state index contributed by atoms with van der Waals surface area (Å²) in [6, 6.07) is 0. The zero-order valence-electron chi connectivity index (χ0n) is 5.64.